The van der Waals surface area contributed by atoms with Crippen LogP contribution in [0.4, 0.5) is 0 Å². The van der Waals surface area contributed by atoms with E-state index in [1.54, 1.807) is 0 Å². The lowest BCUT2D eigenvalue weighted by Gasteiger charge is -2.37. The van der Waals surface area contributed by atoms with E-state index in [2.05, 4.69) is 20.8 Å². The molecule has 0 N–H and O–H groups in total. The van der Waals surface area contributed by atoms with Gasteiger partial charge in [0.1, 0.15) is 12.6 Å². The summed E-state index contributed by atoms with van der Waals surface area (Å²) in [4.78, 5) is 38.8. The smallest absolute Gasteiger partial charge is 0.325 e. The third-order valence-electron chi connectivity index (χ3n) is 5.30. The zero-order valence-electron chi connectivity index (χ0n) is 15.3. The fraction of sp³-hybridized carbons (Fsp3) is 0.833. The Bertz CT molecular complexity index is 490. The van der Waals surface area contributed by atoms with E-state index in [1.165, 1.54) is 9.80 Å². The quantitative estimate of drug-likeness (QED) is 0.579. The van der Waals surface area contributed by atoms with Crippen molar-refractivity contribution in [3.8, 4) is 0 Å². The first kappa shape index (κ1) is 18.7. The molecule has 1 heterocycles. The summed E-state index contributed by atoms with van der Waals surface area (Å²) in [5, 5.41) is 0. The summed E-state index contributed by atoms with van der Waals surface area (Å²) in [6.45, 7) is 9.85. The summed E-state index contributed by atoms with van der Waals surface area (Å²) in [7, 11) is 0. The van der Waals surface area contributed by atoms with E-state index < -0.39 is 17.8 Å². The molecule has 6 nitrogen and oxygen atoms in total. The second kappa shape index (κ2) is 7.53. The molecule has 0 aromatic heterocycles. The van der Waals surface area contributed by atoms with E-state index in [4.69, 9.17) is 4.74 Å². The van der Waals surface area contributed by atoms with Gasteiger partial charge in [0.2, 0.25) is 0 Å². The first-order chi connectivity index (χ1) is 11.2. The van der Waals surface area contributed by atoms with Gasteiger partial charge in [0.15, 0.2) is 0 Å². The third-order valence-corrected chi connectivity index (χ3v) is 5.30. The lowest BCUT2D eigenvalue weighted by atomic mass is 9.72. The van der Waals surface area contributed by atoms with Gasteiger partial charge < -0.3 is 14.5 Å². The highest BCUT2D eigenvalue weighted by atomic mass is 16.5. The van der Waals surface area contributed by atoms with Crippen molar-refractivity contribution in [1.29, 1.82) is 0 Å². The highest BCUT2D eigenvalue weighted by Gasteiger charge is 2.34. The predicted octanol–water partition coefficient (Wildman–Crippen LogP) is 1.83. The molecule has 0 bridgehead atoms. The molecule has 6 heteroatoms. The molecular formula is C18H30N2O4. The number of esters is 1. The molecule has 0 atom stereocenters. The van der Waals surface area contributed by atoms with Crippen LogP contribution in [0, 0.1) is 11.3 Å². The molecule has 0 unspecified atom stereocenters. The van der Waals surface area contributed by atoms with Crippen LogP contribution in [0.25, 0.3) is 0 Å². The Kier molecular flexibility index (Phi) is 5.88. The molecule has 2 fully saturated rings. The second-order valence-electron chi connectivity index (χ2n) is 7.94. The first-order valence-corrected chi connectivity index (χ1v) is 9.00. The summed E-state index contributed by atoms with van der Waals surface area (Å²) < 4.78 is 5.53. The number of piperazine rings is 1. The number of hydrogen-bond acceptors (Lipinski definition) is 4. The van der Waals surface area contributed by atoms with Crippen LogP contribution in [-0.2, 0) is 19.1 Å². The van der Waals surface area contributed by atoms with Crippen LogP contribution < -0.4 is 0 Å². The summed E-state index contributed by atoms with van der Waals surface area (Å²) in [5.41, 5.74) is 0.292. The number of hydrogen-bond donors (Lipinski definition) is 0. The number of likely N-dealkylation sites (N-methyl/N-ethyl adjacent to an activating group) is 1. The number of ether oxygens (including phenoxy) is 1. The molecule has 2 aliphatic rings. The van der Waals surface area contributed by atoms with Gasteiger partial charge in [-0.15, -0.1) is 0 Å². The Morgan fingerprint density at radius 3 is 2.12 bits per heavy atom. The number of carbonyl (C=O) groups excluding carboxylic acids is 3. The average molecular weight is 338 g/mol. The van der Waals surface area contributed by atoms with Crippen molar-refractivity contribution in [1.82, 2.24) is 9.80 Å². The van der Waals surface area contributed by atoms with Gasteiger partial charge in [-0.05, 0) is 43.9 Å². The van der Waals surface area contributed by atoms with Gasteiger partial charge in [0, 0.05) is 19.6 Å². The number of nitrogens with zero attached hydrogens (tertiary/aromatic N) is 2. The van der Waals surface area contributed by atoms with Crippen molar-refractivity contribution < 1.29 is 19.1 Å². The average Bonchev–Trinajstić information content (AvgIpc) is 2.52. The molecule has 136 valence electrons. The molecule has 2 rings (SSSR count). The Labute approximate surface area is 144 Å². The molecule has 0 aromatic carbocycles. The Morgan fingerprint density at radius 1 is 1.04 bits per heavy atom. The zero-order chi connectivity index (χ0) is 17.9. The SMILES string of the molecule is CCN1CCN(CC(=O)OC2CCC(C(C)(C)C)CC2)C(=O)C1=O. The monoisotopic (exact) mass is 338 g/mol. The molecule has 1 aliphatic carbocycles. The molecule has 1 saturated carbocycles. The summed E-state index contributed by atoms with van der Waals surface area (Å²) in [6.07, 6.45) is 3.83. The van der Waals surface area contributed by atoms with E-state index in [-0.39, 0.29) is 12.6 Å². The molecule has 0 radical (unpaired) electrons. The Balaban J connectivity index is 1.78. The summed E-state index contributed by atoms with van der Waals surface area (Å²) in [6, 6.07) is 0. The van der Waals surface area contributed by atoms with Gasteiger partial charge in [-0.2, -0.15) is 0 Å². The van der Waals surface area contributed by atoms with E-state index in [1.807, 2.05) is 6.92 Å². The van der Waals surface area contributed by atoms with E-state index in [0.29, 0.717) is 31.0 Å². The summed E-state index contributed by atoms with van der Waals surface area (Å²) in [5.74, 6) is -0.868. The highest BCUT2D eigenvalue weighted by molar-refractivity contribution is 6.35. The van der Waals surface area contributed by atoms with Gasteiger partial charge >= 0.3 is 17.8 Å². The molecule has 0 aromatic rings. The molecule has 2 amide bonds. The van der Waals surface area contributed by atoms with Gasteiger partial charge in [-0.3, -0.25) is 14.4 Å². The van der Waals surface area contributed by atoms with Gasteiger partial charge in [-0.1, -0.05) is 20.8 Å². The van der Waals surface area contributed by atoms with Gasteiger partial charge in [0.25, 0.3) is 0 Å². The lowest BCUT2D eigenvalue weighted by molar-refractivity contribution is -0.162. The van der Waals surface area contributed by atoms with Crippen LogP contribution in [0.5, 0.6) is 0 Å². The van der Waals surface area contributed by atoms with Crippen molar-refractivity contribution in [2.24, 2.45) is 11.3 Å². The maximum absolute atomic E-state index is 12.1. The predicted molar refractivity (Wildman–Crippen MR) is 90.1 cm³/mol. The third kappa shape index (κ3) is 4.48. The maximum Gasteiger partial charge on any atom is 0.325 e. The van der Waals surface area contributed by atoms with Gasteiger partial charge in [0.05, 0.1) is 0 Å². The molecular weight excluding hydrogens is 308 g/mol. The number of carbonyl (C=O) groups is 3. The highest BCUT2D eigenvalue weighted by Crippen LogP contribution is 2.38. The Morgan fingerprint density at radius 2 is 1.58 bits per heavy atom. The van der Waals surface area contributed by atoms with Crippen LogP contribution in [-0.4, -0.2) is 59.9 Å². The van der Waals surface area contributed by atoms with Crippen molar-refractivity contribution in [2.45, 2.75) is 59.5 Å². The van der Waals surface area contributed by atoms with Crippen LogP contribution >= 0.6 is 0 Å². The minimum Gasteiger partial charge on any atom is -0.461 e. The van der Waals surface area contributed by atoms with Crippen molar-refractivity contribution >= 4 is 17.8 Å². The zero-order valence-corrected chi connectivity index (χ0v) is 15.3. The van der Waals surface area contributed by atoms with Crippen molar-refractivity contribution in [3.05, 3.63) is 0 Å². The fourth-order valence-electron chi connectivity index (χ4n) is 3.59. The van der Waals surface area contributed by atoms with E-state index in [9.17, 15) is 14.4 Å². The van der Waals surface area contributed by atoms with Crippen LogP contribution in [0.3, 0.4) is 0 Å². The van der Waals surface area contributed by atoms with Crippen molar-refractivity contribution in [3.63, 3.8) is 0 Å². The molecule has 1 saturated heterocycles. The maximum atomic E-state index is 12.1. The normalized spacial score (nSPS) is 25.8. The molecule has 0 spiro atoms. The largest absolute Gasteiger partial charge is 0.461 e. The fourth-order valence-corrected chi connectivity index (χ4v) is 3.59. The number of amides is 2. The second-order valence-corrected chi connectivity index (χ2v) is 7.94. The molecule has 1 aliphatic heterocycles. The van der Waals surface area contributed by atoms with Crippen molar-refractivity contribution in [2.75, 3.05) is 26.2 Å². The minimum absolute atomic E-state index is 0.0566. The first-order valence-electron chi connectivity index (χ1n) is 9.00. The summed E-state index contributed by atoms with van der Waals surface area (Å²) >= 11 is 0. The van der Waals surface area contributed by atoms with Crippen LogP contribution in [0.2, 0.25) is 0 Å². The molecule has 24 heavy (non-hydrogen) atoms. The Hall–Kier alpha value is -1.59. The van der Waals surface area contributed by atoms with Gasteiger partial charge in [-0.25, -0.2) is 0 Å². The van der Waals surface area contributed by atoms with E-state index >= 15 is 0 Å². The number of rotatable bonds is 4. The van der Waals surface area contributed by atoms with Crippen LogP contribution in [0.15, 0.2) is 0 Å². The lowest BCUT2D eigenvalue weighted by Crippen LogP contribution is -2.55. The van der Waals surface area contributed by atoms with E-state index in [0.717, 1.165) is 25.7 Å². The topological polar surface area (TPSA) is 66.9 Å². The minimum atomic E-state index is -0.600. The standard InChI is InChI=1S/C18H30N2O4/c1-5-19-10-11-20(17(23)16(19)22)12-15(21)24-14-8-6-13(7-9-14)18(2,3)4/h13-14H,5-12H2,1-4H3. The van der Waals surface area contributed by atoms with Crippen LogP contribution in [0.1, 0.15) is 53.4 Å².